The van der Waals surface area contributed by atoms with Crippen molar-refractivity contribution in [3.8, 4) is 0 Å². The topological polar surface area (TPSA) is 49.7 Å². The van der Waals surface area contributed by atoms with E-state index in [4.69, 9.17) is 0 Å². The summed E-state index contributed by atoms with van der Waals surface area (Å²) in [6.07, 6.45) is 7.55. The van der Waals surface area contributed by atoms with Gasteiger partial charge in [-0.1, -0.05) is 47.3 Å². The van der Waals surface area contributed by atoms with Gasteiger partial charge < -0.3 is 5.11 Å². The van der Waals surface area contributed by atoms with E-state index in [1.165, 1.54) is 19.3 Å². The van der Waals surface area contributed by atoms with Crippen LogP contribution in [0, 0.1) is 0 Å². The fraction of sp³-hybridized carbons (Fsp3) is 0.300. The summed E-state index contributed by atoms with van der Waals surface area (Å²) in [4.78, 5) is 16.1. The molecule has 1 aliphatic rings. The van der Waals surface area contributed by atoms with Gasteiger partial charge >= 0.3 is 5.97 Å². The standard InChI is InChI=1S/C20H20BrNO2/c21-16-7-9-17(10-8-16)22-13-14-6-11-18(19(12-14)20(23)24)15-4-2-1-3-5-15/h6-13,15H,1-5H2,(H,23,24)/b22-13+. The maximum Gasteiger partial charge on any atom is 0.335 e. The van der Waals surface area contributed by atoms with Crippen LogP contribution in [0.3, 0.4) is 0 Å². The molecule has 0 spiro atoms. The van der Waals surface area contributed by atoms with Gasteiger partial charge in [0, 0.05) is 10.7 Å². The van der Waals surface area contributed by atoms with Crippen LogP contribution in [0.4, 0.5) is 5.69 Å². The van der Waals surface area contributed by atoms with Crippen molar-refractivity contribution in [1.82, 2.24) is 0 Å². The van der Waals surface area contributed by atoms with Crippen molar-refractivity contribution in [2.24, 2.45) is 4.99 Å². The van der Waals surface area contributed by atoms with Crippen LogP contribution in [0.1, 0.15) is 59.5 Å². The lowest BCUT2D eigenvalue weighted by molar-refractivity contribution is 0.0694. The van der Waals surface area contributed by atoms with Crippen LogP contribution in [0.2, 0.25) is 0 Å². The summed E-state index contributed by atoms with van der Waals surface area (Å²) in [5, 5.41) is 9.59. The zero-order valence-electron chi connectivity index (χ0n) is 13.4. The van der Waals surface area contributed by atoms with Gasteiger partial charge in [-0.3, -0.25) is 4.99 Å². The van der Waals surface area contributed by atoms with Gasteiger partial charge in [0.25, 0.3) is 0 Å². The third kappa shape index (κ3) is 4.12. The number of carboxylic acids is 1. The molecule has 1 aliphatic carbocycles. The van der Waals surface area contributed by atoms with E-state index in [1.807, 2.05) is 36.4 Å². The summed E-state index contributed by atoms with van der Waals surface area (Å²) < 4.78 is 1.01. The second kappa shape index (κ2) is 7.75. The highest BCUT2D eigenvalue weighted by Crippen LogP contribution is 2.34. The first kappa shape index (κ1) is 16.9. The maximum absolute atomic E-state index is 11.7. The van der Waals surface area contributed by atoms with E-state index in [-0.39, 0.29) is 0 Å². The first-order chi connectivity index (χ1) is 11.6. The van der Waals surface area contributed by atoms with Gasteiger partial charge in [-0.15, -0.1) is 0 Å². The molecule has 0 aliphatic heterocycles. The second-order valence-corrected chi connectivity index (χ2v) is 7.14. The Morgan fingerprint density at radius 2 is 1.79 bits per heavy atom. The number of benzene rings is 2. The summed E-state index contributed by atoms with van der Waals surface area (Å²) in [5.74, 6) is -0.475. The highest BCUT2D eigenvalue weighted by molar-refractivity contribution is 9.10. The largest absolute Gasteiger partial charge is 0.478 e. The minimum Gasteiger partial charge on any atom is -0.478 e. The summed E-state index contributed by atoms with van der Waals surface area (Å²) in [6.45, 7) is 0. The fourth-order valence-electron chi connectivity index (χ4n) is 3.29. The second-order valence-electron chi connectivity index (χ2n) is 6.22. The third-order valence-electron chi connectivity index (χ3n) is 4.54. The van der Waals surface area contributed by atoms with E-state index >= 15 is 0 Å². The molecule has 4 heteroatoms. The summed E-state index contributed by atoms with van der Waals surface area (Å²) in [6, 6.07) is 13.4. The summed E-state index contributed by atoms with van der Waals surface area (Å²) in [7, 11) is 0. The van der Waals surface area contributed by atoms with Crippen LogP contribution in [-0.2, 0) is 0 Å². The molecule has 0 saturated heterocycles. The highest BCUT2D eigenvalue weighted by atomic mass is 79.9. The van der Waals surface area contributed by atoms with Crippen LogP contribution in [-0.4, -0.2) is 17.3 Å². The lowest BCUT2D eigenvalue weighted by atomic mass is 9.81. The molecule has 0 atom stereocenters. The monoisotopic (exact) mass is 385 g/mol. The van der Waals surface area contributed by atoms with Gasteiger partial charge in [-0.25, -0.2) is 4.79 Å². The molecule has 1 fully saturated rings. The lowest BCUT2D eigenvalue weighted by Gasteiger charge is -2.23. The van der Waals surface area contributed by atoms with Crippen LogP contribution in [0.5, 0.6) is 0 Å². The average molecular weight is 386 g/mol. The minimum atomic E-state index is -0.852. The lowest BCUT2D eigenvalue weighted by Crippen LogP contribution is -2.11. The Balaban J connectivity index is 1.85. The zero-order valence-corrected chi connectivity index (χ0v) is 15.0. The Morgan fingerprint density at radius 3 is 2.46 bits per heavy atom. The van der Waals surface area contributed by atoms with Gasteiger partial charge in [-0.2, -0.15) is 0 Å². The van der Waals surface area contributed by atoms with Crippen LogP contribution >= 0.6 is 15.9 Å². The van der Waals surface area contributed by atoms with Crippen LogP contribution < -0.4 is 0 Å². The molecule has 3 nitrogen and oxygen atoms in total. The molecule has 1 N–H and O–H groups in total. The number of halogens is 1. The van der Waals surface area contributed by atoms with Gasteiger partial charge in [0.1, 0.15) is 0 Å². The van der Waals surface area contributed by atoms with Gasteiger partial charge in [0.05, 0.1) is 11.3 Å². The average Bonchev–Trinajstić information content (AvgIpc) is 2.62. The van der Waals surface area contributed by atoms with E-state index < -0.39 is 5.97 Å². The van der Waals surface area contributed by atoms with Crippen molar-refractivity contribution in [2.75, 3.05) is 0 Å². The van der Waals surface area contributed by atoms with Crippen molar-refractivity contribution in [1.29, 1.82) is 0 Å². The van der Waals surface area contributed by atoms with Gasteiger partial charge in [-0.05, 0) is 60.2 Å². The number of carbonyl (C=O) groups is 1. The van der Waals surface area contributed by atoms with Crippen LogP contribution in [0.15, 0.2) is 51.9 Å². The highest BCUT2D eigenvalue weighted by Gasteiger charge is 2.21. The predicted molar refractivity (Wildman–Crippen MR) is 101 cm³/mol. The first-order valence-corrected chi connectivity index (χ1v) is 9.09. The van der Waals surface area contributed by atoms with E-state index in [9.17, 15) is 9.90 Å². The maximum atomic E-state index is 11.7. The number of hydrogen-bond acceptors (Lipinski definition) is 2. The molecule has 0 heterocycles. The molecule has 0 aromatic heterocycles. The van der Waals surface area contributed by atoms with Crippen molar-refractivity contribution >= 4 is 33.8 Å². The fourth-order valence-corrected chi connectivity index (χ4v) is 3.55. The van der Waals surface area contributed by atoms with Crippen molar-refractivity contribution in [3.05, 3.63) is 63.6 Å². The zero-order chi connectivity index (χ0) is 16.9. The first-order valence-electron chi connectivity index (χ1n) is 8.30. The molecule has 0 radical (unpaired) electrons. The number of aromatic carboxylic acids is 1. The van der Waals surface area contributed by atoms with E-state index in [0.717, 1.165) is 34.1 Å². The number of hydrogen-bond donors (Lipinski definition) is 1. The Kier molecular flexibility index (Phi) is 5.46. The molecule has 24 heavy (non-hydrogen) atoms. The number of aliphatic imine (C=N–C) groups is 1. The Hall–Kier alpha value is -1.94. The minimum absolute atomic E-state index is 0.377. The number of carboxylic acid groups (broad SMARTS) is 1. The molecule has 2 aromatic rings. The van der Waals surface area contributed by atoms with Crippen molar-refractivity contribution < 1.29 is 9.90 Å². The normalized spacial score (nSPS) is 15.7. The van der Waals surface area contributed by atoms with Gasteiger partial charge in [0.15, 0.2) is 0 Å². The quantitative estimate of drug-likeness (QED) is 0.661. The summed E-state index contributed by atoms with van der Waals surface area (Å²) in [5.41, 5.74) is 3.05. The molecule has 3 rings (SSSR count). The van der Waals surface area contributed by atoms with Crippen molar-refractivity contribution in [2.45, 2.75) is 38.0 Å². The van der Waals surface area contributed by atoms with E-state index in [2.05, 4.69) is 20.9 Å². The van der Waals surface area contributed by atoms with Crippen LogP contribution in [0.25, 0.3) is 0 Å². The third-order valence-corrected chi connectivity index (χ3v) is 5.07. The SMILES string of the molecule is O=C(O)c1cc(/C=N/c2ccc(Br)cc2)ccc1C1CCCCC1. The molecule has 0 unspecified atom stereocenters. The molecule has 2 aromatic carbocycles. The molecule has 1 saturated carbocycles. The molecular weight excluding hydrogens is 366 g/mol. The summed E-state index contributed by atoms with van der Waals surface area (Å²) >= 11 is 3.40. The predicted octanol–water partition coefficient (Wildman–Crippen LogP) is 5.95. The smallest absolute Gasteiger partial charge is 0.335 e. The Labute approximate surface area is 150 Å². The molecule has 0 amide bonds. The van der Waals surface area contributed by atoms with Gasteiger partial charge in [0.2, 0.25) is 0 Å². The van der Waals surface area contributed by atoms with E-state index in [1.54, 1.807) is 12.3 Å². The Bertz CT molecular complexity index is 747. The Morgan fingerprint density at radius 1 is 1.08 bits per heavy atom. The van der Waals surface area contributed by atoms with Crippen molar-refractivity contribution in [3.63, 3.8) is 0 Å². The number of rotatable bonds is 4. The molecular formula is C20H20BrNO2. The molecule has 124 valence electrons. The van der Waals surface area contributed by atoms with E-state index in [0.29, 0.717) is 11.5 Å². The number of nitrogens with zero attached hydrogens (tertiary/aromatic N) is 1. The molecule has 0 bridgehead atoms.